The number of nitrogens with zero attached hydrogens (tertiary/aromatic N) is 7. The molecule has 3 aromatic rings. The van der Waals surface area contributed by atoms with E-state index in [1.807, 2.05) is 18.2 Å². The summed E-state index contributed by atoms with van der Waals surface area (Å²) in [5.74, 6) is 0.129. The molecular weight excluding hydrogens is 542 g/mol. The van der Waals surface area contributed by atoms with E-state index >= 15 is 0 Å². The molecule has 1 fully saturated rings. The van der Waals surface area contributed by atoms with E-state index < -0.39 is 5.92 Å². The van der Waals surface area contributed by atoms with Gasteiger partial charge in [-0.3, -0.25) is 19.5 Å². The topological polar surface area (TPSA) is 160 Å². The van der Waals surface area contributed by atoms with Gasteiger partial charge in [0, 0.05) is 49.8 Å². The number of tetrazole rings is 1. The Hall–Kier alpha value is -4.49. The van der Waals surface area contributed by atoms with Crippen molar-refractivity contribution in [3.8, 4) is 11.5 Å². The Bertz CT molecular complexity index is 1440. The lowest BCUT2D eigenvalue weighted by atomic mass is 9.88. The van der Waals surface area contributed by atoms with E-state index in [9.17, 15) is 14.4 Å². The first-order chi connectivity index (χ1) is 20.5. The summed E-state index contributed by atoms with van der Waals surface area (Å²) in [6, 6.07) is 5.63. The average Bonchev–Trinajstić information content (AvgIpc) is 3.81. The number of H-pyrrole nitrogens is 1. The van der Waals surface area contributed by atoms with E-state index in [1.165, 1.54) is 11.0 Å². The van der Waals surface area contributed by atoms with Gasteiger partial charge >= 0.3 is 0 Å². The fourth-order valence-corrected chi connectivity index (χ4v) is 6.14. The van der Waals surface area contributed by atoms with Gasteiger partial charge in [-0.15, -0.1) is 5.10 Å². The van der Waals surface area contributed by atoms with Gasteiger partial charge in [-0.25, -0.2) is 4.68 Å². The van der Waals surface area contributed by atoms with Crippen molar-refractivity contribution in [2.75, 3.05) is 46.4 Å². The summed E-state index contributed by atoms with van der Waals surface area (Å²) >= 11 is 0. The predicted molar refractivity (Wildman–Crippen MR) is 148 cm³/mol. The summed E-state index contributed by atoms with van der Waals surface area (Å²) < 4.78 is 13.3. The minimum absolute atomic E-state index is 0.0623. The summed E-state index contributed by atoms with van der Waals surface area (Å²) in [7, 11) is 1.57. The van der Waals surface area contributed by atoms with Crippen molar-refractivity contribution in [1.29, 1.82) is 0 Å². The van der Waals surface area contributed by atoms with Gasteiger partial charge in [-0.05, 0) is 53.8 Å². The van der Waals surface area contributed by atoms with E-state index in [4.69, 9.17) is 9.47 Å². The zero-order valence-corrected chi connectivity index (χ0v) is 23.6. The van der Waals surface area contributed by atoms with Crippen LogP contribution in [-0.4, -0.2) is 104 Å². The van der Waals surface area contributed by atoms with Crippen molar-refractivity contribution in [1.82, 2.24) is 45.5 Å². The van der Waals surface area contributed by atoms with Gasteiger partial charge in [-0.2, -0.15) is 5.10 Å². The third-order valence-corrected chi connectivity index (χ3v) is 8.39. The lowest BCUT2D eigenvalue weighted by Crippen LogP contribution is -2.39. The first kappa shape index (κ1) is 27.7. The smallest absolute Gasteiger partial charge is 0.274 e. The highest BCUT2D eigenvalue weighted by molar-refractivity contribution is 5.94. The van der Waals surface area contributed by atoms with Gasteiger partial charge in [0.2, 0.25) is 11.8 Å². The van der Waals surface area contributed by atoms with Crippen molar-refractivity contribution in [2.24, 2.45) is 5.92 Å². The molecule has 3 amide bonds. The molecule has 14 nitrogen and oxygen atoms in total. The number of amides is 3. The number of benzene rings is 1. The summed E-state index contributed by atoms with van der Waals surface area (Å²) in [6.07, 6.45) is 5.04. The number of hydrogen-bond acceptors (Lipinski definition) is 9. The van der Waals surface area contributed by atoms with Crippen LogP contribution in [-0.2, 0) is 29.0 Å². The van der Waals surface area contributed by atoms with Crippen molar-refractivity contribution >= 4 is 17.7 Å². The Labute approximate surface area is 242 Å². The first-order valence-corrected chi connectivity index (χ1v) is 14.4. The third kappa shape index (κ3) is 5.65. The molecule has 2 bridgehead atoms. The lowest BCUT2D eigenvalue weighted by Gasteiger charge is -2.25. The van der Waals surface area contributed by atoms with Gasteiger partial charge in [0.1, 0.15) is 12.9 Å². The Kier molecular flexibility index (Phi) is 8.02. The van der Waals surface area contributed by atoms with Crippen molar-refractivity contribution < 1.29 is 23.9 Å². The van der Waals surface area contributed by atoms with Crippen LogP contribution in [0.3, 0.4) is 0 Å². The Morgan fingerprint density at radius 2 is 2.00 bits per heavy atom. The summed E-state index contributed by atoms with van der Waals surface area (Å²) in [6.45, 7) is 2.55. The maximum absolute atomic E-state index is 13.5. The molecule has 2 aromatic heterocycles. The normalized spacial score (nSPS) is 20.7. The quantitative estimate of drug-likeness (QED) is 0.442. The van der Waals surface area contributed by atoms with E-state index in [2.05, 4.69) is 31.0 Å². The number of nitrogens with one attached hydrogen (secondary N) is 2. The van der Waals surface area contributed by atoms with Crippen LogP contribution < -0.4 is 14.8 Å². The van der Waals surface area contributed by atoms with Crippen LogP contribution in [0.1, 0.15) is 52.5 Å². The number of aryl methyl sites for hydroxylation is 2. The number of ether oxygens (including phenoxy) is 2. The molecule has 222 valence electrons. The number of rotatable bonds is 5. The fraction of sp³-hybridized carbons (Fsp3) is 0.536. The molecule has 42 heavy (non-hydrogen) atoms. The SMILES string of the molecule is COc1ccc2cc1OCCN(C(=O)c1n[nH]c3c1CCC3)CCCNC(=O)[C@H]1CN(C(=O)CCn3cnnn3)C[C@H]21. The number of likely N-dealkylation sites (tertiary alicyclic amines) is 1. The third-order valence-electron chi connectivity index (χ3n) is 8.39. The monoisotopic (exact) mass is 577 g/mol. The van der Waals surface area contributed by atoms with Crippen LogP contribution in [0.2, 0.25) is 0 Å². The molecule has 4 heterocycles. The van der Waals surface area contributed by atoms with E-state index in [-0.39, 0.29) is 36.7 Å². The second-order valence-corrected chi connectivity index (χ2v) is 10.9. The minimum Gasteiger partial charge on any atom is -0.493 e. The molecule has 1 aliphatic carbocycles. The number of methoxy groups -OCH3 is 1. The molecule has 14 heteroatoms. The molecular formula is C28H35N9O5. The maximum Gasteiger partial charge on any atom is 0.274 e. The van der Waals surface area contributed by atoms with Crippen LogP contribution in [0.5, 0.6) is 11.5 Å². The van der Waals surface area contributed by atoms with Gasteiger partial charge in [-0.1, -0.05) is 6.07 Å². The second kappa shape index (κ2) is 12.2. The highest BCUT2D eigenvalue weighted by Gasteiger charge is 2.40. The van der Waals surface area contributed by atoms with Crippen LogP contribution >= 0.6 is 0 Å². The minimum atomic E-state index is -0.435. The van der Waals surface area contributed by atoms with Crippen molar-refractivity contribution in [2.45, 2.75) is 44.6 Å². The standard InChI is InChI=1S/C28H35N9O5/c1-41-23-7-6-18-14-24(23)42-13-12-35(28(40)26-19-4-2-5-22(19)31-32-26)10-3-9-29-27(39)21-16-36(15-20(18)21)25(38)8-11-37-17-30-33-34-37/h6-7,14,17,20-21H,2-5,8-13,15-16H2,1H3,(H,29,39)(H,31,32)/t20-,21+/m1/s1. The van der Waals surface area contributed by atoms with Crippen molar-refractivity contribution in [3.63, 3.8) is 0 Å². The zero-order valence-electron chi connectivity index (χ0n) is 23.6. The molecule has 1 aromatic carbocycles. The molecule has 0 saturated carbocycles. The molecule has 0 spiro atoms. The number of fused-ring (bicyclic) bond motifs is 5. The molecule has 1 saturated heterocycles. The van der Waals surface area contributed by atoms with E-state index in [0.29, 0.717) is 62.9 Å². The highest BCUT2D eigenvalue weighted by atomic mass is 16.5. The molecule has 0 radical (unpaired) electrons. The number of carbonyl (C=O) groups is 3. The molecule has 2 aliphatic heterocycles. The van der Waals surface area contributed by atoms with Gasteiger partial charge in [0.15, 0.2) is 17.2 Å². The molecule has 0 unspecified atom stereocenters. The summed E-state index contributed by atoms with van der Waals surface area (Å²) in [4.78, 5) is 43.6. The van der Waals surface area contributed by atoms with Crippen LogP contribution in [0, 0.1) is 5.92 Å². The highest BCUT2D eigenvalue weighted by Crippen LogP contribution is 2.38. The summed E-state index contributed by atoms with van der Waals surface area (Å²) in [5, 5.41) is 21.5. The lowest BCUT2D eigenvalue weighted by molar-refractivity contribution is -0.131. The molecule has 3 aliphatic rings. The Balaban J connectivity index is 1.21. The van der Waals surface area contributed by atoms with Crippen LogP contribution in [0.25, 0.3) is 0 Å². The molecule has 2 N–H and O–H groups in total. The van der Waals surface area contributed by atoms with E-state index in [0.717, 1.165) is 36.1 Å². The molecule has 6 rings (SSSR count). The number of hydrogen-bond donors (Lipinski definition) is 2. The fourth-order valence-electron chi connectivity index (χ4n) is 6.14. The molecule has 2 atom stereocenters. The number of aromatic amines is 1. The van der Waals surface area contributed by atoms with Gasteiger partial charge in [0.25, 0.3) is 5.91 Å². The van der Waals surface area contributed by atoms with Gasteiger partial charge < -0.3 is 24.6 Å². The Morgan fingerprint density at radius 1 is 1.12 bits per heavy atom. The Morgan fingerprint density at radius 3 is 2.83 bits per heavy atom. The van der Waals surface area contributed by atoms with Crippen molar-refractivity contribution in [3.05, 3.63) is 47.0 Å². The van der Waals surface area contributed by atoms with Crippen LogP contribution in [0.4, 0.5) is 0 Å². The summed E-state index contributed by atoms with van der Waals surface area (Å²) in [5.41, 5.74) is 3.41. The zero-order chi connectivity index (χ0) is 29.1. The van der Waals surface area contributed by atoms with Crippen LogP contribution in [0.15, 0.2) is 24.5 Å². The maximum atomic E-state index is 13.5. The second-order valence-electron chi connectivity index (χ2n) is 10.9. The predicted octanol–water partition coefficient (Wildman–Crippen LogP) is 0.567. The van der Waals surface area contributed by atoms with Gasteiger partial charge in [0.05, 0.1) is 26.1 Å². The number of aromatic nitrogens is 6. The largest absolute Gasteiger partial charge is 0.493 e. The first-order valence-electron chi connectivity index (χ1n) is 14.4. The van der Waals surface area contributed by atoms with E-state index in [1.54, 1.807) is 16.9 Å². The average molecular weight is 578 g/mol. The number of carbonyl (C=O) groups excluding carboxylic acids is 3.